The van der Waals surface area contributed by atoms with Crippen molar-refractivity contribution in [3.8, 4) is 0 Å². The molecule has 4 rings (SSSR count). The molecule has 0 radical (unpaired) electrons. The molecule has 0 aliphatic carbocycles. The van der Waals surface area contributed by atoms with Gasteiger partial charge >= 0.3 is 0 Å². The molecule has 0 saturated carbocycles. The molecular weight excluding hydrogens is 350 g/mol. The van der Waals surface area contributed by atoms with E-state index in [4.69, 9.17) is 16.0 Å². The van der Waals surface area contributed by atoms with Crippen LogP contribution < -0.4 is 0 Å². The highest BCUT2D eigenvalue weighted by Crippen LogP contribution is 2.34. The van der Waals surface area contributed by atoms with Crippen LogP contribution in [0, 0.1) is 0 Å². The molecule has 1 aromatic heterocycles. The smallest absolute Gasteiger partial charge is 0.257 e. The molecule has 2 aliphatic rings. The number of nitrogens with zero attached hydrogens (tertiary/aromatic N) is 3. The lowest BCUT2D eigenvalue weighted by Gasteiger charge is -2.28. The molecule has 2 aliphatic heterocycles. The monoisotopic (exact) mass is 371 g/mol. The molecule has 6 heteroatoms. The minimum Gasteiger partial charge on any atom is -0.467 e. The summed E-state index contributed by atoms with van der Waals surface area (Å²) < 4.78 is 5.59. The van der Waals surface area contributed by atoms with Crippen LogP contribution in [-0.2, 0) is 4.79 Å². The third kappa shape index (κ3) is 3.55. The predicted molar refractivity (Wildman–Crippen MR) is 101 cm³/mol. The normalized spacial score (nSPS) is 21.0. The van der Waals surface area contributed by atoms with Gasteiger partial charge in [0.15, 0.2) is 0 Å². The molecule has 0 N–H and O–H groups in total. The topological polar surface area (TPSA) is 49.1 Å². The molecule has 0 bridgehead atoms. The Bertz CT molecular complexity index is 797. The number of furan rings is 1. The summed E-state index contributed by atoms with van der Waals surface area (Å²) in [6, 6.07) is 11.1. The molecule has 26 heavy (non-hydrogen) atoms. The fraction of sp³-hybridized carbons (Fsp3) is 0.400. The van der Waals surface area contributed by atoms with E-state index in [-0.39, 0.29) is 11.9 Å². The van der Waals surface area contributed by atoms with E-state index < -0.39 is 0 Å². The summed E-state index contributed by atoms with van der Waals surface area (Å²) in [4.78, 5) is 15.2. The van der Waals surface area contributed by atoms with Gasteiger partial charge in [0.05, 0.1) is 18.5 Å². The number of hydrogen-bond acceptors (Lipinski definition) is 4. The second-order valence-electron chi connectivity index (χ2n) is 6.84. The third-order valence-electron chi connectivity index (χ3n) is 5.03. The van der Waals surface area contributed by atoms with E-state index in [0.29, 0.717) is 18.0 Å². The number of hydrogen-bond donors (Lipinski definition) is 0. The second-order valence-corrected chi connectivity index (χ2v) is 7.24. The summed E-state index contributed by atoms with van der Waals surface area (Å²) in [5.41, 5.74) is 1.70. The number of carbonyl (C=O) groups is 1. The van der Waals surface area contributed by atoms with Gasteiger partial charge in [-0.1, -0.05) is 36.2 Å². The number of likely N-dealkylation sites (tertiary alicyclic amines) is 1. The van der Waals surface area contributed by atoms with Crippen LogP contribution in [0.15, 0.2) is 52.2 Å². The zero-order valence-electron chi connectivity index (χ0n) is 14.6. The summed E-state index contributed by atoms with van der Waals surface area (Å²) in [5.74, 6) is 0.762. The van der Waals surface area contributed by atoms with E-state index in [9.17, 15) is 4.79 Å². The minimum absolute atomic E-state index is 0.00959. The van der Waals surface area contributed by atoms with Crippen molar-refractivity contribution >= 4 is 23.2 Å². The van der Waals surface area contributed by atoms with Crippen molar-refractivity contribution in [3.63, 3.8) is 0 Å². The van der Waals surface area contributed by atoms with Crippen LogP contribution in [0.5, 0.6) is 0 Å². The second kappa shape index (κ2) is 7.64. The SMILES string of the molecule is O=C(CN1CCCCC1)N1N=C(c2ccccc2Cl)C[C@@H]1c1ccco1. The van der Waals surface area contributed by atoms with Crippen LogP contribution in [0.3, 0.4) is 0 Å². The van der Waals surface area contributed by atoms with Crippen LogP contribution in [-0.4, -0.2) is 41.2 Å². The summed E-state index contributed by atoms with van der Waals surface area (Å²) in [6.45, 7) is 2.36. The van der Waals surface area contributed by atoms with E-state index in [1.54, 1.807) is 11.3 Å². The fourth-order valence-electron chi connectivity index (χ4n) is 3.68. The molecule has 1 saturated heterocycles. The number of halogens is 1. The molecule has 0 unspecified atom stereocenters. The van der Waals surface area contributed by atoms with Crippen LogP contribution in [0.2, 0.25) is 5.02 Å². The van der Waals surface area contributed by atoms with E-state index in [0.717, 1.165) is 43.0 Å². The maximum atomic E-state index is 13.0. The van der Waals surface area contributed by atoms with Gasteiger partial charge in [0.2, 0.25) is 0 Å². The Morgan fingerprint density at radius 1 is 1.15 bits per heavy atom. The average Bonchev–Trinajstić information content (AvgIpc) is 3.32. The van der Waals surface area contributed by atoms with Crippen LogP contribution in [0.4, 0.5) is 0 Å². The van der Waals surface area contributed by atoms with Crippen molar-refractivity contribution in [1.29, 1.82) is 0 Å². The van der Waals surface area contributed by atoms with Crippen molar-refractivity contribution in [3.05, 3.63) is 59.0 Å². The van der Waals surface area contributed by atoms with E-state index in [1.165, 1.54) is 6.42 Å². The summed E-state index contributed by atoms with van der Waals surface area (Å²) in [7, 11) is 0. The minimum atomic E-state index is -0.214. The molecule has 1 atom stereocenters. The molecule has 1 fully saturated rings. The van der Waals surface area contributed by atoms with Gasteiger partial charge in [0, 0.05) is 17.0 Å². The van der Waals surface area contributed by atoms with Crippen molar-refractivity contribution < 1.29 is 9.21 Å². The van der Waals surface area contributed by atoms with Crippen LogP contribution in [0.1, 0.15) is 43.0 Å². The first kappa shape index (κ1) is 17.3. The Hall–Kier alpha value is -2.11. The summed E-state index contributed by atoms with van der Waals surface area (Å²) in [5, 5.41) is 6.89. The Morgan fingerprint density at radius 3 is 2.69 bits per heavy atom. The average molecular weight is 372 g/mol. The molecule has 1 aromatic carbocycles. The lowest BCUT2D eigenvalue weighted by atomic mass is 10.0. The van der Waals surface area contributed by atoms with Crippen molar-refractivity contribution in [2.45, 2.75) is 31.7 Å². The Morgan fingerprint density at radius 2 is 1.96 bits per heavy atom. The molecule has 2 aromatic rings. The van der Waals surface area contributed by atoms with Gasteiger partial charge in [-0.15, -0.1) is 0 Å². The van der Waals surface area contributed by atoms with Crippen molar-refractivity contribution in [1.82, 2.24) is 9.91 Å². The first-order valence-electron chi connectivity index (χ1n) is 9.12. The molecule has 1 amide bonds. The number of hydrazone groups is 1. The Labute approximate surface area is 158 Å². The number of carbonyl (C=O) groups excluding carboxylic acids is 1. The van der Waals surface area contributed by atoms with Gasteiger partial charge in [-0.05, 0) is 44.1 Å². The van der Waals surface area contributed by atoms with E-state index >= 15 is 0 Å². The third-order valence-corrected chi connectivity index (χ3v) is 5.36. The number of piperidine rings is 1. The zero-order valence-corrected chi connectivity index (χ0v) is 15.4. The Kier molecular flexibility index (Phi) is 5.09. The van der Waals surface area contributed by atoms with Crippen molar-refractivity contribution in [2.75, 3.05) is 19.6 Å². The van der Waals surface area contributed by atoms with Crippen molar-refractivity contribution in [2.24, 2.45) is 5.10 Å². The summed E-state index contributed by atoms with van der Waals surface area (Å²) in [6.07, 6.45) is 5.80. The van der Waals surface area contributed by atoms with Gasteiger partial charge in [0.25, 0.3) is 5.91 Å². The van der Waals surface area contributed by atoms with Gasteiger partial charge < -0.3 is 4.42 Å². The number of benzene rings is 1. The molecule has 0 spiro atoms. The standard InChI is InChI=1S/C20H22ClN3O2/c21-16-8-3-2-7-15(16)17-13-18(19-9-6-12-26-19)24(22-17)20(25)14-23-10-4-1-5-11-23/h2-3,6-9,12,18H,1,4-5,10-11,13-14H2/t18-/m1/s1. The zero-order chi connectivity index (χ0) is 17.9. The largest absolute Gasteiger partial charge is 0.467 e. The highest BCUT2D eigenvalue weighted by Gasteiger charge is 2.35. The molecule has 136 valence electrons. The highest BCUT2D eigenvalue weighted by molar-refractivity contribution is 6.34. The lowest BCUT2D eigenvalue weighted by Crippen LogP contribution is -2.40. The highest BCUT2D eigenvalue weighted by atomic mass is 35.5. The van der Waals surface area contributed by atoms with Gasteiger partial charge in [0.1, 0.15) is 11.8 Å². The predicted octanol–water partition coefficient (Wildman–Crippen LogP) is 4.10. The first-order valence-corrected chi connectivity index (χ1v) is 9.50. The number of amides is 1. The quantitative estimate of drug-likeness (QED) is 0.813. The maximum Gasteiger partial charge on any atom is 0.257 e. The first-order chi connectivity index (χ1) is 12.7. The summed E-state index contributed by atoms with van der Waals surface area (Å²) >= 11 is 6.34. The van der Waals surface area contributed by atoms with Crippen LogP contribution >= 0.6 is 11.6 Å². The van der Waals surface area contributed by atoms with Gasteiger partial charge in [-0.25, -0.2) is 5.01 Å². The fourth-order valence-corrected chi connectivity index (χ4v) is 3.93. The van der Waals surface area contributed by atoms with Crippen LogP contribution in [0.25, 0.3) is 0 Å². The van der Waals surface area contributed by atoms with E-state index in [1.807, 2.05) is 36.4 Å². The Balaban J connectivity index is 1.59. The van der Waals surface area contributed by atoms with E-state index in [2.05, 4.69) is 10.0 Å². The van der Waals surface area contributed by atoms with Gasteiger partial charge in [-0.3, -0.25) is 9.69 Å². The number of rotatable bonds is 4. The maximum absolute atomic E-state index is 13.0. The lowest BCUT2D eigenvalue weighted by molar-refractivity contribution is -0.134. The van der Waals surface area contributed by atoms with Gasteiger partial charge in [-0.2, -0.15) is 5.10 Å². The molecule has 5 nitrogen and oxygen atoms in total. The molecular formula is C20H22ClN3O2. The molecule has 3 heterocycles.